The number of hydrogen-bond donors (Lipinski definition) is 1. The highest BCUT2D eigenvalue weighted by molar-refractivity contribution is 5.67. The molecule has 1 aromatic heterocycles. The van der Waals surface area contributed by atoms with Gasteiger partial charge < -0.3 is 15.4 Å². The quantitative estimate of drug-likeness (QED) is 0.870. The molecule has 1 aromatic carbocycles. The molecule has 0 amide bonds. The fourth-order valence-corrected chi connectivity index (χ4v) is 2.74. The summed E-state index contributed by atoms with van der Waals surface area (Å²) in [4.78, 5) is 6.59. The molecule has 0 saturated carbocycles. The molecule has 104 valence electrons. The summed E-state index contributed by atoms with van der Waals surface area (Å²) >= 11 is 0. The van der Waals surface area contributed by atoms with Gasteiger partial charge in [-0.15, -0.1) is 0 Å². The number of aromatic nitrogens is 1. The van der Waals surface area contributed by atoms with Gasteiger partial charge in [0.25, 0.3) is 0 Å². The summed E-state index contributed by atoms with van der Waals surface area (Å²) in [6.45, 7) is 3.87. The summed E-state index contributed by atoms with van der Waals surface area (Å²) in [7, 11) is 1.66. The Balaban J connectivity index is 1.90. The predicted octanol–water partition coefficient (Wildman–Crippen LogP) is 2.54. The molecule has 0 spiro atoms. The van der Waals surface area contributed by atoms with E-state index in [4.69, 9.17) is 10.5 Å². The van der Waals surface area contributed by atoms with Crippen LogP contribution < -0.4 is 15.4 Å². The predicted molar refractivity (Wildman–Crippen MR) is 81.1 cm³/mol. The van der Waals surface area contributed by atoms with E-state index in [0.717, 1.165) is 36.3 Å². The fourth-order valence-electron chi connectivity index (χ4n) is 2.74. The van der Waals surface area contributed by atoms with Gasteiger partial charge >= 0.3 is 0 Å². The zero-order valence-corrected chi connectivity index (χ0v) is 11.9. The Morgan fingerprint density at radius 1 is 1.40 bits per heavy atom. The number of pyridine rings is 1. The zero-order valence-electron chi connectivity index (χ0n) is 11.9. The number of nitrogens with two attached hydrogens (primary N) is 1. The second-order valence-corrected chi connectivity index (χ2v) is 5.18. The normalized spacial score (nSPS) is 13.4. The van der Waals surface area contributed by atoms with E-state index in [9.17, 15) is 0 Å². The minimum atomic E-state index is 0.695. The number of ether oxygens (including phenoxy) is 1. The largest absolute Gasteiger partial charge is 0.481 e. The summed E-state index contributed by atoms with van der Waals surface area (Å²) in [5.74, 6) is 0.695. The number of hydrogen-bond acceptors (Lipinski definition) is 4. The lowest BCUT2D eigenvalue weighted by molar-refractivity contribution is 0.392. The first-order valence-electron chi connectivity index (χ1n) is 6.81. The van der Waals surface area contributed by atoms with Crippen LogP contribution in [-0.2, 0) is 13.0 Å². The summed E-state index contributed by atoms with van der Waals surface area (Å²) in [6.07, 6.45) is 2.82. The third-order valence-electron chi connectivity index (χ3n) is 3.86. The van der Waals surface area contributed by atoms with Crippen molar-refractivity contribution in [2.45, 2.75) is 19.9 Å². The van der Waals surface area contributed by atoms with Crippen molar-refractivity contribution in [3.8, 4) is 5.88 Å². The summed E-state index contributed by atoms with van der Waals surface area (Å²) in [6, 6.07) is 8.28. The SMILES string of the molecule is COc1ncccc1CN1CCc2cc(C)c(N)cc21. The van der Waals surface area contributed by atoms with Gasteiger partial charge in [-0.1, -0.05) is 12.1 Å². The molecule has 2 aromatic rings. The number of benzene rings is 1. The molecule has 2 N–H and O–H groups in total. The molecule has 0 radical (unpaired) electrons. The molecule has 2 heterocycles. The first-order valence-corrected chi connectivity index (χ1v) is 6.81. The van der Waals surface area contributed by atoms with Crippen molar-refractivity contribution in [1.29, 1.82) is 0 Å². The smallest absolute Gasteiger partial charge is 0.218 e. The molecule has 0 atom stereocenters. The van der Waals surface area contributed by atoms with Crippen LogP contribution in [0.15, 0.2) is 30.5 Å². The summed E-state index contributed by atoms with van der Waals surface area (Å²) in [5.41, 5.74) is 11.8. The Labute approximate surface area is 119 Å². The van der Waals surface area contributed by atoms with E-state index in [-0.39, 0.29) is 0 Å². The number of nitrogens with zero attached hydrogens (tertiary/aromatic N) is 2. The Morgan fingerprint density at radius 2 is 2.25 bits per heavy atom. The fraction of sp³-hybridized carbons (Fsp3) is 0.312. The van der Waals surface area contributed by atoms with Gasteiger partial charge in [-0.2, -0.15) is 0 Å². The van der Waals surface area contributed by atoms with Gasteiger partial charge in [0.1, 0.15) is 0 Å². The first-order chi connectivity index (χ1) is 9.69. The molecule has 4 heteroatoms. The third-order valence-corrected chi connectivity index (χ3v) is 3.86. The highest BCUT2D eigenvalue weighted by Crippen LogP contribution is 2.33. The molecule has 0 fully saturated rings. The number of anilines is 2. The van der Waals surface area contributed by atoms with E-state index in [1.165, 1.54) is 11.3 Å². The van der Waals surface area contributed by atoms with Gasteiger partial charge in [0.15, 0.2) is 0 Å². The van der Waals surface area contributed by atoms with E-state index >= 15 is 0 Å². The first kappa shape index (κ1) is 12.8. The van der Waals surface area contributed by atoms with E-state index in [1.54, 1.807) is 13.3 Å². The van der Waals surface area contributed by atoms with Gasteiger partial charge in [0.05, 0.1) is 7.11 Å². The minimum Gasteiger partial charge on any atom is -0.481 e. The topological polar surface area (TPSA) is 51.4 Å². The zero-order chi connectivity index (χ0) is 14.1. The van der Waals surface area contributed by atoms with E-state index in [1.807, 2.05) is 6.07 Å². The number of methoxy groups -OCH3 is 1. The standard InChI is InChI=1S/C16H19N3O/c1-11-8-12-5-7-19(15(12)9-14(11)17)10-13-4-3-6-18-16(13)20-2/h3-4,6,8-9H,5,7,10,17H2,1-2H3. The van der Waals surface area contributed by atoms with Gasteiger partial charge in [-0.3, -0.25) is 0 Å². The van der Waals surface area contributed by atoms with Crippen molar-refractivity contribution in [2.24, 2.45) is 0 Å². The lowest BCUT2D eigenvalue weighted by atomic mass is 10.1. The van der Waals surface area contributed by atoms with Crippen molar-refractivity contribution < 1.29 is 4.74 Å². The van der Waals surface area contributed by atoms with Gasteiger partial charge in [0, 0.05) is 36.2 Å². The van der Waals surface area contributed by atoms with Crippen molar-refractivity contribution in [2.75, 3.05) is 24.3 Å². The van der Waals surface area contributed by atoms with Crippen molar-refractivity contribution in [1.82, 2.24) is 4.98 Å². The van der Waals surface area contributed by atoms with Crippen molar-refractivity contribution in [3.63, 3.8) is 0 Å². The van der Waals surface area contributed by atoms with E-state index < -0.39 is 0 Å². The molecule has 0 unspecified atom stereocenters. The molecular formula is C16H19N3O. The number of rotatable bonds is 3. The van der Waals surface area contributed by atoms with Crippen molar-refractivity contribution >= 4 is 11.4 Å². The molecule has 1 aliphatic rings. The van der Waals surface area contributed by atoms with Crippen molar-refractivity contribution in [3.05, 3.63) is 47.2 Å². The number of fused-ring (bicyclic) bond motifs is 1. The number of aryl methyl sites for hydroxylation is 1. The highest BCUT2D eigenvalue weighted by Gasteiger charge is 2.21. The maximum atomic E-state index is 6.04. The summed E-state index contributed by atoms with van der Waals surface area (Å²) in [5, 5.41) is 0. The third kappa shape index (κ3) is 2.18. The van der Waals surface area contributed by atoms with Crippen LogP contribution >= 0.6 is 0 Å². The Bertz CT molecular complexity index is 640. The van der Waals surface area contributed by atoms with Gasteiger partial charge in [0.2, 0.25) is 5.88 Å². The Morgan fingerprint density at radius 3 is 3.05 bits per heavy atom. The highest BCUT2D eigenvalue weighted by atomic mass is 16.5. The molecule has 0 bridgehead atoms. The second kappa shape index (κ2) is 5.04. The lowest BCUT2D eigenvalue weighted by Crippen LogP contribution is -2.20. The molecule has 0 saturated heterocycles. The maximum Gasteiger partial charge on any atom is 0.218 e. The molecule has 4 nitrogen and oxygen atoms in total. The van der Waals surface area contributed by atoms with Gasteiger partial charge in [-0.25, -0.2) is 4.98 Å². The average Bonchev–Trinajstić information content (AvgIpc) is 2.82. The van der Waals surface area contributed by atoms with Crippen LogP contribution in [0.2, 0.25) is 0 Å². The maximum absolute atomic E-state index is 6.04. The van der Waals surface area contributed by atoms with Crippen LogP contribution in [0.5, 0.6) is 5.88 Å². The van der Waals surface area contributed by atoms with Crippen LogP contribution in [0.1, 0.15) is 16.7 Å². The Hall–Kier alpha value is -2.23. The second-order valence-electron chi connectivity index (χ2n) is 5.18. The van der Waals surface area contributed by atoms with Gasteiger partial charge in [-0.05, 0) is 36.6 Å². The number of nitrogen functional groups attached to an aromatic ring is 1. The average molecular weight is 269 g/mol. The molecule has 3 rings (SSSR count). The van der Waals surface area contributed by atoms with E-state index in [2.05, 4.69) is 35.0 Å². The monoisotopic (exact) mass is 269 g/mol. The van der Waals surface area contributed by atoms with Crippen LogP contribution in [0, 0.1) is 6.92 Å². The molecule has 20 heavy (non-hydrogen) atoms. The van der Waals surface area contributed by atoms with Crippen LogP contribution in [-0.4, -0.2) is 18.6 Å². The van der Waals surface area contributed by atoms with E-state index in [0.29, 0.717) is 5.88 Å². The molecular weight excluding hydrogens is 250 g/mol. The van der Waals surface area contributed by atoms with Crippen LogP contribution in [0.4, 0.5) is 11.4 Å². The molecule has 1 aliphatic heterocycles. The van der Waals surface area contributed by atoms with Crippen LogP contribution in [0.3, 0.4) is 0 Å². The summed E-state index contributed by atoms with van der Waals surface area (Å²) < 4.78 is 5.32. The van der Waals surface area contributed by atoms with Crippen LogP contribution in [0.25, 0.3) is 0 Å². The minimum absolute atomic E-state index is 0.695. The Kier molecular flexibility index (Phi) is 3.22. The lowest BCUT2D eigenvalue weighted by Gasteiger charge is -2.21. The molecule has 0 aliphatic carbocycles.